The van der Waals surface area contributed by atoms with Crippen LogP contribution in [-0.4, -0.2) is 55.8 Å². The number of morpholine rings is 1. The van der Waals surface area contributed by atoms with E-state index in [1.807, 2.05) is 18.0 Å². The van der Waals surface area contributed by atoms with Gasteiger partial charge in [-0.1, -0.05) is 0 Å². The first-order chi connectivity index (χ1) is 10.2. The molecule has 7 nitrogen and oxygen atoms in total. The van der Waals surface area contributed by atoms with Crippen molar-refractivity contribution in [3.8, 4) is 0 Å². The number of rotatable bonds is 4. The van der Waals surface area contributed by atoms with Crippen LogP contribution in [-0.2, 0) is 9.53 Å². The van der Waals surface area contributed by atoms with Crippen LogP contribution in [0.3, 0.4) is 0 Å². The largest absolute Gasteiger partial charge is 0.377 e. The fourth-order valence-electron chi connectivity index (χ4n) is 2.51. The first-order valence-electron chi connectivity index (χ1n) is 7.35. The Kier molecular flexibility index (Phi) is 3.92. The minimum atomic E-state index is -0.338. The molecule has 0 bridgehead atoms. The zero-order valence-corrected chi connectivity index (χ0v) is 12.4. The number of nitrogens with one attached hydrogen (secondary N) is 2. The van der Waals surface area contributed by atoms with Crippen LogP contribution in [0.2, 0.25) is 0 Å². The molecule has 2 N–H and O–H groups in total. The monoisotopic (exact) mass is 291 g/mol. The number of carbonyl (C=O) groups excluding carboxylic acids is 1. The summed E-state index contributed by atoms with van der Waals surface area (Å²) in [6.45, 7) is 1.64. The van der Waals surface area contributed by atoms with Gasteiger partial charge in [-0.3, -0.25) is 4.79 Å². The lowest BCUT2D eigenvalue weighted by molar-refractivity contribution is -0.124. The van der Waals surface area contributed by atoms with Crippen LogP contribution in [0.15, 0.2) is 6.07 Å². The fourth-order valence-corrected chi connectivity index (χ4v) is 2.51. The van der Waals surface area contributed by atoms with Crippen LogP contribution in [0.25, 0.3) is 0 Å². The zero-order valence-electron chi connectivity index (χ0n) is 12.4. The number of likely N-dealkylation sites (N-methyl/N-ethyl adjacent to an activating group) is 1. The molecule has 2 fully saturated rings. The average molecular weight is 291 g/mol. The van der Waals surface area contributed by atoms with Crippen molar-refractivity contribution >= 4 is 17.5 Å². The van der Waals surface area contributed by atoms with Gasteiger partial charge in [0.25, 0.3) is 0 Å². The SMILES string of the molecule is CNC(=O)C1COCCN1c1cc(NC)nc(C2CC2)n1. The number of hydrogen-bond acceptors (Lipinski definition) is 6. The summed E-state index contributed by atoms with van der Waals surface area (Å²) >= 11 is 0. The van der Waals surface area contributed by atoms with Crippen molar-refractivity contribution in [2.45, 2.75) is 24.8 Å². The van der Waals surface area contributed by atoms with E-state index < -0.39 is 0 Å². The molecule has 0 aromatic carbocycles. The second-order valence-electron chi connectivity index (χ2n) is 5.39. The lowest BCUT2D eigenvalue weighted by Gasteiger charge is -2.35. The Morgan fingerprint density at radius 2 is 2.19 bits per heavy atom. The lowest BCUT2D eigenvalue weighted by atomic mass is 10.2. The molecule has 21 heavy (non-hydrogen) atoms. The summed E-state index contributed by atoms with van der Waals surface area (Å²) < 4.78 is 5.44. The highest BCUT2D eigenvalue weighted by molar-refractivity contribution is 5.85. The van der Waals surface area contributed by atoms with Gasteiger partial charge in [0.15, 0.2) is 0 Å². The second kappa shape index (κ2) is 5.85. The van der Waals surface area contributed by atoms with Crippen LogP contribution >= 0.6 is 0 Å². The molecular formula is C14H21N5O2. The highest BCUT2D eigenvalue weighted by atomic mass is 16.5. The topological polar surface area (TPSA) is 79.4 Å². The van der Waals surface area contributed by atoms with Crippen LogP contribution in [0.4, 0.5) is 11.6 Å². The summed E-state index contributed by atoms with van der Waals surface area (Å²) in [5.74, 6) is 2.89. The molecule has 1 amide bonds. The van der Waals surface area contributed by atoms with Gasteiger partial charge in [0, 0.05) is 32.6 Å². The molecule has 0 radical (unpaired) electrons. The molecule has 1 aromatic rings. The van der Waals surface area contributed by atoms with E-state index in [1.54, 1.807) is 7.05 Å². The molecule has 0 spiro atoms. The maximum Gasteiger partial charge on any atom is 0.244 e. The first kappa shape index (κ1) is 14.1. The van der Waals surface area contributed by atoms with Crippen LogP contribution in [0.5, 0.6) is 0 Å². The van der Waals surface area contributed by atoms with Crippen molar-refractivity contribution < 1.29 is 9.53 Å². The number of amides is 1. The summed E-state index contributed by atoms with van der Waals surface area (Å²) in [6.07, 6.45) is 2.29. The van der Waals surface area contributed by atoms with Crippen LogP contribution in [0, 0.1) is 0 Å². The van der Waals surface area contributed by atoms with Crippen molar-refractivity contribution in [2.75, 3.05) is 44.1 Å². The third kappa shape index (κ3) is 2.92. The molecule has 7 heteroatoms. The Morgan fingerprint density at radius 1 is 1.38 bits per heavy atom. The molecule has 1 unspecified atom stereocenters. The van der Waals surface area contributed by atoms with Gasteiger partial charge in [-0.2, -0.15) is 0 Å². The number of ether oxygens (including phenoxy) is 1. The Bertz CT molecular complexity index is 532. The Labute approximate surface area is 124 Å². The standard InChI is InChI=1S/C14H21N5O2/c1-15-11-7-12(18-13(17-11)9-3-4-9)19-5-6-21-8-10(19)14(20)16-2/h7,9-10H,3-6,8H2,1-2H3,(H,16,20)(H,15,17,18). The number of carbonyl (C=O) groups is 1. The van der Waals surface area contributed by atoms with Crippen molar-refractivity contribution in [1.29, 1.82) is 0 Å². The smallest absolute Gasteiger partial charge is 0.244 e. The molecule has 1 saturated carbocycles. The average Bonchev–Trinajstić information content (AvgIpc) is 3.38. The van der Waals surface area contributed by atoms with Gasteiger partial charge in [-0.05, 0) is 12.8 Å². The fraction of sp³-hybridized carbons (Fsp3) is 0.643. The van der Waals surface area contributed by atoms with Crippen LogP contribution < -0.4 is 15.5 Å². The third-order valence-electron chi connectivity index (χ3n) is 3.90. The molecule has 1 aliphatic carbocycles. The summed E-state index contributed by atoms with van der Waals surface area (Å²) in [4.78, 5) is 23.2. The van der Waals surface area contributed by atoms with E-state index in [0.717, 1.165) is 30.3 Å². The molecule has 1 atom stereocenters. The molecule has 1 saturated heterocycles. The summed E-state index contributed by atoms with van der Waals surface area (Å²) in [5, 5.41) is 5.77. The molecule has 2 heterocycles. The van der Waals surface area contributed by atoms with Gasteiger partial charge in [0.05, 0.1) is 13.2 Å². The number of anilines is 2. The van der Waals surface area contributed by atoms with E-state index in [1.165, 1.54) is 0 Å². The molecule has 1 aliphatic heterocycles. The Balaban J connectivity index is 1.92. The predicted molar refractivity (Wildman–Crippen MR) is 79.6 cm³/mol. The minimum Gasteiger partial charge on any atom is -0.377 e. The zero-order chi connectivity index (χ0) is 14.8. The highest BCUT2D eigenvalue weighted by Crippen LogP contribution is 2.39. The summed E-state index contributed by atoms with van der Waals surface area (Å²) in [6, 6.07) is 1.56. The van der Waals surface area contributed by atoms with Crippen molar-refractivity contribution in [2.24, 2.45) is 0 Å². The van der Waals surface area contributed by atoms with Crippen molar-refractivity contribution in [1.82, 2.24) is 15.3 Å². The maximum atomic E-state index is 12.0. The Morgan fingerprint density at radius 3 is 2.86 bits per heavy atom. The minimum absolute atomic E-state index is 0.0488. The van der Waals surface area contributed by atoms with Crippen molar-refractivity contribution in [3.05, 3.63) is 11.9 Å². The van der Waals surface area contributed by atoms with Gasteiger partial charge in [0.1, 0.15) is 23.5 Å². The summed E-state index contributed by atoms with van der Waals surface area (Å²) in [7, 11) is 3.49. The van der Waals surface area contributed by atoms with Crippen LogP contribution in [0.1, 0.15) is 24.6 Å². The lowest BCUT2D eigenvalue weighted by Crippen LogP contribution is -2.53. The third-order valence-corrected chi connectivity index (χ3v) is 3.90. The quantitative estimate of drug-likeness (QED) is 0.833. The molecule has 1 aromatic heterocycles. The van der Waals surface area contributed by atoms with Gasteiger partial charge in [-0.25, -0.2) is 9.97 Å². The van der Waals surface area contributed by atoms with Gasteiger partial charge >= 0.3 is 0 Å². The van der Waals surface area contributed by atoms with Crippen molar-refractivity contribution in [3.63, 3.8) is 0 Å². The molecule has 3 rings (SSSR count). The van der Waals surface area contributed by atoms with E-state index in [9.17, 15) is 4.79 Å². The normalized spacial score (nSPS) is 22.0. The number of aromatic nitrogens is 2. The van der Waals surface area contributed by atoms with E-state index in [4.69, 9.17) is 4.74 Å². The predicted octanol–water partition coefficient (Wildman–Crippen LogP) is 0.347. The Hall–Kier alpha value is -1.89. The molecular weight excluding hydrogens is 270 g/mol. The second-order valence-corrected chi connectivity index (χ2v) is 5.39. The molecule has 114 valence electrons. The van der Waals surface area contributed by atoms with E-state index in [2.05, 4.69) is 20.6 Å². The van der Waals surface area contributed by atoms with Gasteiger partial charge in [-0.15, -0.1) is 0 Å². The van der Waals surface area contributed by atoms with Gasteiger partial charge in [0.2, 0.25) is 5.91 Å². The van der Waals surface area contributed by atoms with Gasteiger partial charge < -0.3 is 20.3 Å². The first-order valence-corrected chi connectivity index (χ1v) is 7.35. The number of nitrogens with zero attached hydrogens (tertiary/aromatic N) is 3. The summed E-state index contributed by atoms with van der Waals surface area (Å²) in [5.41, 5.74) is 0. The van der Waals surface area contributed by atoms with E-state index >= 15 is 0 Å². The van der Waals surface area contributed by atoms with E-state index in [-0.39, 0.29) is 11.9 Å². The molecule has 2 aliphatic rings. The number of hydrogen-bond donors (Lipinski definition) is 2. The highest BCUT2D eigenvalue weighted by Gasteiger charge is 2.32. The maximum absolute atomic E-state index is 12.0. The van der Waals surface area contributed by atoms with E-state index in [0.29, 0.717) is 25.7 Å².